The first kappa shape index (κ1) is 15.5. The smallest absolute Gasteiger partial charge is 0.243 e. The number of nitrogens with zero attached hydrogens (tertiary/aromatic N) is 1. The number of nitrogens with two attached hydrogens (primary N) is 1. The topological polar surface area (TPSA) is 63.4 Å². The Kier molecular flexibility index (Phi) is 4.83. The van der Waals surface area contributed by atoms with Crippen LogP contribution in [0, 0.1) is 5.92 Å². The fourth-order valence-corrected chi connectivity index (χ4v) is 4.25. The summed E-state index contributed by atoms with van der Waals surface area (Å²) in [6.45, 7) is 5.41. The third kappa shape index (κ3) is 3.22. The highest BCUT2D eigenvalue weighted by molar-refractivity contribution is 7.89. The van der Waals surface area contributed by atoms with Crippen molar-refractivity contribution in [2.75, 3.05) is 13.1 Å². The Labute approximate surface area is 122 Å². The molecule has 2 N–H and O–H groups in total. The molecule has 5 heteroatoms. The molecule has 1 aliphatic rings. The van der Waals surface area contributed by atoms with Gasteiger partial charge < -0.3 is 5.73 Å². The highest BCUT2D eigenvalue weighted by atomic mass is 32.2. The van der Waals surface area contributed by atoms with Crippen molar-refractivity contribution in [3.8, 4) is 0 Å². The standard InChI is InChI=1S/C15H24N2O2S/c1-3-14-8-7-13(10-16)9-15(14)20(18,19)17(4-2)11-12-5-6-12/h7-9,12H,3-6,10-11,16H2,1-2H3. The lowest BCUT2D eigenvalue weighted by Crippen LogP contribution is -2.33. The Morgan fingerprint density at radius 1 is 1.30 bits per heavy atom. The monoisotopic (exact) mass is 296 g/mol. The molecule has 4 nitrogen and oxygen atoms in total. The van der Waals surface area contributed by atoms with Gasteiger partial charge in [0, 0.05) is 19.6 Å². The Hall–Kier alpha value is -0.910. The molecule has 0 amide bonds. The van der Waals surface area contributed by atoms with E-state index in [2.05, 4.69) is 0 Å². The average molecular weight is 296 g/mol. The van der Waals surface area contributed by atoms with Crippen LogP contribution in [-0.4, -0.2) is 25.8 Å². The molecule has 1 aliphatic carbocycles. The molecule has 1 aromatic carbocycles. The van der Waals surface area contributed by atoms with E-state index in [0.29, 0.717) is 36.9 Å². The average Bonchev–Trinajstić information content (AvgIpc) is 3.27. The van der Waals surface area contributed by atoms with Gasteiger partial charge >= 0.3 is 0 Å². The van der Waals surface area contributed by atoms with E-state index in [4.69, 9.17) is 5.73 Å². The van der Waals surface area contributed by atoms with E-state index in [0.717, 1.165) is 24.0 Å². The maximum Gasteiger partial charge on any atom is 0.243 e. The molecule has 0 aromatic heterocycles. The SMILES string of the molecule is CCc1ccc(CN)cc1S(=O)(=O)N(CC)CC1CC1. The Morgan fingerprint density at radius 3 is 2.50 bits per heavy atom. The molecule has 0 bridgehead atoms. The van der Waals surface area contributed by atoms with Crippen LogP contribution >= 0.6 is 0 Å². The first-order chi connectivity index (χ1) is 9.52. The lowest BCUT2D eigenvalue weighted by atomic mass is 10.1. The van der Waals surface area contributed by atoms with E-state index < -0.39 is 10.0 Å². The molecular weight excluding hydrogens is 272 g/mol. The Balaban J connectivity index is 2.39. The van der Waals surface area contributed by atoms with Crippen LogP contribution in [0.1, 0.15) is 37.8 Å². The minimum atomic E-state index is -3.40. The molecule has 20 heavy (non-hydrogen) atoms. The molecule has 1 fully saturated rings. The van der Waals surface area contributed by atoms with Gasteiger partial charge in [-0.15, -0.1) is 0 Å². The maximum absolute atomic E-state index is 12.9. The van der Waals surface area contributed by atoms with E-state index in [1.165, 1.54) is 0 Å². The fraction of sp³-hybridized carbons (Fsp3) is 0.600. The highest BCUT2D eigenvalue weighted by Crippen LogP contribution is 2.32. The molecule has 0 heterocycles. The second-order valence-corrected chi connectivity index (χ2v) is 7.31. The minimum absolute atomic E-state index is 0.362. The maximum atomic E-state index is 12.9. The molecule has 112 valence electrons. The number of hydrogen-bond donors (Lipinski definition) is 1. The molecule has 2 rings (SSSR count). The summed E-state index contributed by atoms with van der Waals surface area (Å²) < 4.78 is 27.3. The summed E-state index contributed by atoms with van der Waals surface area (Å²) in [6, 6.07) is 5.54. The lowest BCUT2D eigenvalue weighted by Gasteiger charge is -2.22. The second kappa shape index (κ2) is 6.24. The van der Waals surface area contributed by atoms with Gasteiger partial charge in [-0.3, -0.25) is 0 Å². The van der Waals surface area contributed by atoms with Crippen molar-refractivity contribution in [1.29, 1.82) is 0 Å². The third-order valence-corrected chi connectivity index (χ3v) is 5.90. The van der Waals surface area contributed by atoms with Gasteiger partial charge in [0.1, 0.15) is 0 Å². The lowest BCUT2D eigenvalue weighted by molar-refractivity contribution is 0.411. The molecule has 0 aliphatic heterocycles. The largest absolute Gasteiger partial charge is 0.326 e. The number of sulfonamides is 1. The molecule has 0 atom stereocenters. The van der Waals surface area contributed by atoms with Crippen molar-refractivity contribution >= 4 is 10.0 Å². The van der Waals surface area contributed by atoms with Crippen LogP contribution in [0.3, 0.4) is 0 Å². The van der Waals surface area contributed by atoms with Crippen molar-refractivity contribution in [1.82, 2.24) is 4.31 Å². The van der Waals surface area contributed by atoms with E-state index in [1.807, 2.05) is 26.0 Å². The van der Waals surface area contributed by atoms with Crippen molar-refractivity contribution in [3.63, 3.8) is 0 Å². The summed E-state index contributed by atoms with van der Waals surface area (Å²) in [5, 5.41) is 0. The summed E-state index contributed by atoms with van der Waals surface area (Å²) in [5.41, 5.74) is 7.38. The minimum Gasteiger partial charge on any atom is -0.326 e. The zero-order valence-corrected chi connectivity index (χ0v) is 13.1. The molecule has 0 unspecified atom stereocenters. The van der Waals surface area contributed by atoms with Crippen molar-refractivity contribution < 1.29 is 8.42 Å². The Bertz CT molecular complexity index is 565. The fourth-order valence-electron chi connectivity index (χ4n) is 2.38. The van der Waals surface area contributed by atoms with Gasteiger partial charge in [-0.25, -0.2) is 8.42 Å². The van der Waals surface area contributed by atoms with Crippen LogP contribution in [0.4, 0.5) is 0 Å². The Morgan fingerprint density at radius 2 is 2.00 bits per heavy atom. The molecule has 1 saturated carbocycles. The van der Waals surface area contributed by atoms with Gasteiger partial charge in [0.15, 0.2) is 0 Å². The molecule has 0 radical (unpaired) electrons. The van der Waals surface area contributed by atoms with E-state index in [9.17, 15) is 8.42 Å². The predicted molar refractivity (Wildman–Crippen MR) is 80.9 cm³/mol. The third-order valence-electron chi connectivity index (χ3n) is 3.88. The predicted octanol–water partition coefficient (Wildman–Crippen LogP) is 2.13. The van der Waals surface area contributed by atoms with Gasteiger partial charge in [-0.1, -0.05) is 26.0 Å². The molecule has 0 spiro atoms. The van der Waals surface area contributed by atoms with Gasteiger partial charge in [-0.05, 0) is 42.4 Å². The quantitative estimate of drug-likeness (QED) is 0.838. The summed E-state index contributed by atoms with van der Waals surface area (Å²) >= 11 is 0. The van der Waals surface area contributed by atoms with Crippen LogP contribution in [0.2, 0.25) is 0 Å². The van der Waals surface area contributed by atoms with E-state index in [1.54, 1.807) is 10.4 Å². The van der Waals surface area contributed by atoms with Crippen molar-refractivity contribution in [3.05, 3.63) is 29.3 Å². The normalized spacial score (nSPS) is 15.8. The second-order valence-electron chi connectivity index (χ2n) is 5.40. The number of benzene rings is 1. The van der Waals surface area contributed by atoms with E-state index in [-0.39, 0.29) is 0 Å². The zero-order chi connectivity index (χ0) is 14.8. The molecule has 1 aromatic rings. The zero-order valence-electron chi connectivity index (χ0n) is 12.3. The van der Waals surface area contributed by atoms with Gasteiger partial charge in [-0.2, -0.15) is 4.31 Å². The summed E-state index contributed by atoms with van der Waals surface area (Å²) in [7, 11) is -3.40. The summed E-state index contributed by atoms with van der Waals surface area (Å²) in [5.74, 6) is 0.549. The number of hydrogen-bond acceptors (Lipinski definition) is 3. The highest BCUT2D eigenvalue weighted by Gasteiger charge is 2.31. The number of aryl methyl sites for hydroxylation is 1. The summed E-state index contributed by atoms with van der Waals surface area (Å²) in [6.07, 6.45) is 3.01. The van der Waals surface area contributed by atoms with Crippen LogP contribution < -0.4 is 5.73 Å². The van der Waals surface area contributed by atoms with Crippen LogP contribution in [-0.2, 0) is 23.0 Å². The number of rotatable bonds is 7. The van der Waals surface area contributed by atoms with Crippen LogP contribution in [0.15, 0.2) is 23.1 Å². The van der Waals surface area contributed by atoms with Gasteiger partial charge in [0.25, 0.3) is 0 Å². The molecular formula is C15H24N2O2S. The first-order valence-electron chi connectivity index (χ1n) is 7.34. The van der Waals surface area contributed by atoms with Crippen molar-refractivity contribution in [2.24, 2.45) is 11.7 Å². The summed E-state index contributed by atoms with van der Waals surface area (Å²) in [4.78, 5) is 0.436. The van der Waals surface area contributed by atoms with E-state index >= 15 is 0 Å². The molecule has 0 saturated heterocycles. The first-order valence-corrected chi connectivity index (χ1v) is 8.78. The van der Waals surface area contributed by atoms with Gasteiger partial charge in [0.05, 0.1) is 4.90 Å². The van der Waals surface area contributed by atoms with Crippen LogP contribution in [0.5, 0.6) is 0 Å². The van der Waals surface area contributed by atoms with Crippen LogP contribution in [0.25, 0.3) is 0 Å². The van der Waals surface area contributed by atoms with Crippen molar-refractivity contribution in [2.45, 2.75) is 44.6 Å². The van der Waals surface area contributed by atoms with Gasteiger partial charge in [0.2, 0.25) is 10.0 Å².